The molecule has 0 aliphatic carbocycles. The molecule has 400 valence electrons. The van der Waals surface area contributed by atoms with E-state index in [1.807, 2.05) is 0 Å². The van der Waals surface area contributed by atoms with Crippen LogP contribution in [0.2, 0.25) is 0 Å². The molecule has 0 heterocycles. The zero-order valence-corrected chi connectivity index (χ0v) is 50.1. The number of benzene rings is 9. The number of halogens is 2. The van der Waals surface area contributed by atoms with Crippen LogP contribution in [0, 0.1) is 47.1 Å². The average molecular weight is 1480 g/mol. The molecule has 0 saturated heterocycles. The van der Waals surface area contributed by atoms with Gasteiger partial charge in [0.25, 0.3) is 0 Å². The second-order valence-corrected chi connectivity index (χ2v) is 31.3. The van der Waals surface area contributed by atoms with E-state index < -0.39 is 42.1 Å². The fourth-order valence-corrected chi connectivity index (χ4v) is 20.0. The minimum Gasteiger partial charge on any atom is -0.0622 e. The third-order valence-corrected chi connectivity index (χ3v) is 25.9. The molecule has 9 rings (SSSR count). The molecule has 0 fully saturated rings. The Balaban J connectivity index is 0.000000216. The van der Waals surface area contributed by atoms with Gasteiger partial charge in [0.2, 0.25) is 0 Å². The van der Waals surface area contributed by atoms with Crippen LogP contribution in [0.25, 0.3) is 0 Å². The van der Waals surface area contributed by atoms with Gasteiger partial charge in [0, 0.05) is 44.8 Å². The summed E-state index contributed by atoms with van der Waals surface area (Å²) in [6.07, 6.45) is 0. The SMILES string of the molecule is CP(c1ccccc1)c1ccccc1.[Au].[Au].[CH2-]P([CH2-])(O[Cl+3]([O-])([O-])[O-])(c1ccccc1)c1ccccc1.[CH2-]P([CH2-])(O[Cl+3]([O-])([O-])[O-])(c1ccccc1)c1ccccc1.c1ccc(P(c2ccccc2)c2ccccc2)cc1. The van der Waals surface area contributed by atoms with Gasteiger partial charge in [-0.05, 0) is 49.0 Å². The number of hydrogen-bond donors (Lipinski definition) is 0. The van der Waals surface area contributed by atoms with Crippen molar-refractivity contribution in [2.45, 2.75) is 0 Å². The summed E-state index contributed by atoms with van der Waals surface area (Å²) < 4.78 is 76.6. The van der Waals surface area contributed by atoms with Crippen molar-refractivity contribution in [3.8, 4) is 0 Å². The van der Waals surface area contributed by atoms with Crippen molar-refractivity contribution in [2.24, 2.45) is 0 Å². The predicted octanol–water partition coefficient (Wildman–Crippen LogP) is 5.39. The normalized spacial score (nSPS) is 12.4. The van der Waals surface area contributed by atoms with Gasteiger partial charge in [0.05, 0.1) is 0 Å². The standard InChI is InChI=1S/C18H15P.2C14H14ClO4P.C13H13P.2Au/c1-4-10-16(11-5-1)19(17-12-6-2-7-13-17)18-14-8-3-9-15-18;2*1-20(2,19-15(16,17)18,13-9-5-3-6-10-13)14-11-7-4-8-12-14;1-14(12-8-4-2-5-9-12)13-10-6-3-7-11-13;;/h1-15H;2*3-12H,1-2H2;2-11H,1H3;;/q;2*-2;;;. The van der Waals surface area contributed by atoms with Crippen LogP contribution in [-0.2, 0) is 52.9 Å². The summed E-state index contributed by atoms with van der Waals surface area (Å²) in [5.74, 6) is 0. The van der Waals surface area contributed by atoms with Gasteiger partial charge in [-0.3, -0.25) is 0 Å². The van der Waals surface area contributed by atoms with Crippen LogP contribution in [0.1, 0.15) is 0 Å². The molecule has 9 aromatic rings. The van der Waals surface area contributed by atoms with E-state index in [-0.39, 0.29) is 52.7 Å². The molecule has 16 heteroatoms. The molecule has 0 bridgehead atoms. The fraction of sp³-hybridized carbons (Fsp3) is 0.0169. The maximum absolute atomic E-state index is 11.1. The minimum absolute atomic E-state index is 0. The molecule has 0 N–H and O–H groups in total. The van der Waals surface area contributed by atoms with E-state index in [9.17, 15) is 28.0 Å². The Hall–Kier alpha value is -3.56. The van der Waals surface area contributed by atoms with Crippen LogP contribution in [0.4, 0.5) is 0 Å². The second-order valence-electron chi connectivity index (χ2n) is 16.6. The number of rotatable bonds is 13. The summed E-state index contributed by atoms with van der Waals surface area (Å²) in [4.78, 5) is 0. The molecule has 0 aromatic heterocycles. The van der Waals surface area contributed by atoms with E-state index in [1.165, 1.54) is 26.5 Å². The van der Waals surface area contributed by atoms with Gasteiger partial charge < -0.3 is 0 Å². The molecule has 8 nitrogen and oxygen atoms in total. The van der Waals surface area contributed by atoms with Gasteiger partial charge in [-0.15, -0.1) is 0 Å². The predicted molar refractivity (Wildman–Crippen MR) is 292 cm³/mol. The van der Waals surface area contributed by atoms with Crippen molar-refractivity contribution in [3.63, 3.8) is 0 Å². The maximum atomic E-state index is 11.1. The van der Waals surface area contributed by atoms with E-state index in [2.05, 4.69) is 185 Å². The largest absolute Gasteiger partial charge is 0.0622 e. The van der Waals surface area contributed by atoms with Gasteiger partial charge in [-0.25, -0.2) is 0 Å². The first kappa shape index (κ1) is 64.0. The van der Waals surface area contributed by atoms with Crippen molar-refractivity contribution in [1.29, 1.82) is 0 Å². The molecule has 0 unspecified atom stereocenters. The quantitative estimate of drug-likeness (QED) is 0.0846. The number of hydrogen-bond acceptors (Lipinski definition) is 8. The first-order valence-corrected chi connectivity index (χ1v) is 33.2. The third kappa shape index (κ3) is 18.3. The van der Waals surface area contributed by atoms with E-state index in [0.29, 0.717) is 21.2 Å². The van der Waals surface area contributed by atoms with Crippen molar-refractivity contribution in [3.05, 3.63) is 300 Å². The molecular formula is C59H56Au2Cl2O8P4-4. The maximum Gasteiger partial charge on any atom is -0.0134 e. The summed E-state index contributed by atoms with van der Waals surface area (Å²) in [5.41, 5.74) is 0. The summed E-state index contributed by atoms with van der Waals surface area (Å²) in [7, 11) is -9.93. The Morgan fingerprint density at radius 1 is 0.293 bits per heavy atom. The van der Waals surface area contributed by atoms with E-state index in [1.54, 1.807) is 121 Å². The Kier molecular flexibility index (Phi) is 24.6. The molecule has 9 aromatic carbocycles. The first-order chi connectivity index (χ1) is 34.8. The van der Waals surface area contributed by atoms with Gasteiger partial charge in [-0.2, -0.15) is 0 Å². The summed E-state index contributed by atoms with van der Waals surface area (Å²) in [6.45, 7) is 9.97. The first-order valence-electron chi connectivity index (χ1n) is 22.5. The monoisotopic (exact) mass is 1480 g/mol. The van der Waals surface area contributed by atoms with E-state index in [0.717, 1.165) is 0 Å². The molecule has 75 heavy (non-hydrogen) atoms. The summed E-state index contributed by atoms with van der Waals surface area (Å²) >= 11 is 0. The molecule has 0 aliphatic rings. The summed E-state index contributed by atoms with van der Waals surface area (Å²) in [5, 5.41) is 9.00. The topological polar surface area (TPSA) is 157 Å². The van der Waals surface area contributed by atoms with Crippen LogP contribution in [0.3, 0.4) is 0 Å². The molecule has 2 radical (unpaired) electrons. The van der Waals surface area contributed by atoms with Crippen LogP contribution < -0.4 is 75.7 Å². The molecular weight excluding hydrogens is 1430 g/mol. The zero-order valence-electron chi connectivity index (χ0n) is 40.7. The fourth-order valence-electron chi connectivity index (χ4n) is 7.59. The molecule has 0 spiro atoms. The van der Waals surface area contributed by atoms with Gasteiger partial charge in [0.1, 0.15) is 0 Å². The van der Waals surface area contributed by atoms with Crippen LogP contribution >= 0.6 is 29.5 Å². The van der Waals surface area contributed by atoms with E-state index >= 15 is 0 Å². The molecule has 0 aliphatic heterocycles. The van der Waals surface area contributed by atoms with Gasteiger partial charge in [0.15, 0.2) is 0 Å². The van der Waals surface area contributed by atoms with Crippen molar-refractivity contribution < 1.29 is 101 Å². The van der Waals surface area contributed by atoms with Crippen LogP contribution in [0.5, 0.6) is 0 Å². The Bertz CT molecular complexity index is 2680. The Morgan fingerprint density at radius 3 is 0.627 bits per heavy atom. The van der Waals surface area contributed by atoms with Crippen molar-refractivity contribution >= 4 is 77.2 Å². The molecule has 0 atom stereocenters. The Morgan fingerprint density at radius 2 is 0.453 bits per heavy atom. The van der Waals surface area contributed by atoms with Crippen molar-refractivity contribution in [1.82, 2.24) is 0 Å². The zero-order chi connectivity index (χ0) is 52.5. The smallest absolute Gasteiger partial charge is 0.0134 e. The second kappa shape index (κ2) is 28.9. The van der Waals surface area contributed by atoms with Gasteiger partial charge >= 0.3 is 239 Å². The molecule has 0 amide bonds. The van der Waals surface area contributed by atoms with Gasteiger partial charge in [-0.1, -0.05) is 152 Å². The van der Waals surface area contributed by atoms with E-state index in [4.69, 9.17) is 8.15 Å². The Labute approximate surface area is 480 Å². The van der Waals surface area contributed by atoms with Crippen LogP contribution in [-0.4, -0.2) is 6.66 Å². The summed E-state index contributed by atoms with van der Waals surface area (Å²) in [6, 6.07) is 87.8. The molecule has 0 saturated carbocycles. The van der Waals surface area contributed by atoms with Crippen LogP contribution in [0.15, 0.2) is 273 Å². The van der Waals surface area contributed by atoms with Crippen molar-refractivity contribution in [2.75, 3.05) is 6.66 Å². The average Bonchev–Trinajstić information content (AvgIpc) is 3.40. The third-order valence-electron chi connectivity index (χ3n) is 11.3. The minimum atomic E-state index is -4.66.